The van der Waals surface area contributed by atoms with Crippen molar-refractivity contribution in [3.05, 3.63) is 22.4 Å². The van der Waals surface area contributed by atoms with Gasteiger partial charge in [-0.25, -0.2) is 0 Å². The Balaban J connectivity index is 1.86. The van der Waals surface area contributed by atoms with E-state index < -0.39 is 0 Å². The largest absolute Gasteiger partial charge is 0.348 e. The van der Waals surface area contributed by atoms with Crippen LogP contribution in [0.25, 0.3) is 0 Å². The summed E-state index contributed by atoms with van der Waals surface area (Å²) < 4.78 is 0. The molecule has 1 unspecified atom stereocenters. The first-order valence-corrected chi connectivity index (χ1v) is 8.72. The van der Waals surface area contributed by atoms with E-state index in [1.54, 1.807) is 11.3 Å². The van der Waals surface area contributed by atoms with Crippen LogP contribution in [0, 0.1) is 5.92 Å². The number of carbonyl (C=O) groups excluding carboxylic acids is 1. The number of thiophene rings is 1. The molecule has 1 aliphatic carbocycles. The van der Waals surface area contributed by atoms with Crippen molar-refractivity contribution in [2.45, 2.75) is 57.4 Å². The van der Waals surface area contributed by atoms with E-state index >= 15 is 0 Å². The van der Waals surface area contributed by atoms with Crippen LogP contribution >= 0.6 is 11.3 Å². The lowest BCUT2D eigenvalue weighted by molar-refractivity contribution is -0.122. The fourth-order valence-corrected chi connectivity index (χ4v) is 3.90. The van der Waals surface area contributed by atoms with Gasteiger partial charge < -0.3 is 11.1 Å². The maximum atomic E-state index is 12.1. The lowest BCUT2D eigenvalue weighted by Crippen LogP contribution is -2.32. The molecular formula is C16H26N2OS. The second-order valence-corrected chi connectivity index (χ2v) is 6.68. The molecule has 0 spiro atoms. The zero-order valence-corrected chi connectivity index (χ0v) is 13.0. The van der Waals surface area contributed by atoms with E-state index in [0.717, 1.165) is 25.8 Å². The minimum atomic E-state index is 0.201. The molecule has 1 fully saturated rings. The molecule has 2 rings (SSSR count). The van der Waals surface area contributed by atoms with Crippen LogP contribution in [0.1, 0.15) is 62.3 Å². The molecular weight excluding hydrogens is 268 g/mol. The molecule has 0 aliphatic heterocycles. The number of hydrogen-bond acceptors (Lipinski definition) is 3. The summed E-state index contributed by atoms with van der Waals surface area (Å²) in [4.78, 5) is 13.4. The van der Waals surface area contributed by atoms with Gasteiger partial charge in [0, 0.05) is 11.3 Å². The predicted molar refractivity (Wildman–Crippen MR) is 84.7 cm³/mol. The summed E-state index contributed by atoms with van der Waals surface area (Å²) in [5.74, 6) is 0.828. The second-order valence-electron chi connectivity index (χ2n) is 5.70. The van der Waals surface area contributed by atoms with Crippen LogP contribution < -0.4 is 11.1 Å². The first-order chi connectivity index (χ1) is 9.81. The molecule has 1 atom stereocenters. The number of amides is 1. The van der Waals surface area contributed by atoms with Crippen molar-refractivity contribution in [2.75, 3.05) is 6.54 Å². The van der Waals surface area contributed by atoms with E-state index in [1.807, 2.05) is 0 Å². The minimum absolute atomic E-state index is 0.201. The summed E-state index contributed by atoms with van der Waals surface area (Å²) in [5.41, 5.74) is 5.47. The summed E-state index contributed by atoms with van der Waals surface area (Å²) in [6, 6.07) is 4.47. The van der Waals surface area contributed by atoms with Gasteiger partial charge in [0.1, 0.15) is 0 Å². The Morgan fingerprint density at radius 3 is 2.80 bits per heavy atom. The van der Waals surface area contributed by atoms with Crippen molar-refractivity contribution >= 4 is 17.2 Å². The molecule has 1 aromatic heterocycles. The third-order valence-electron chi connectivity index (χ3n) is 4.15. The SMILES string of the molecule is NCCCCCC(=O)NC(c1cccs1)C1CCCC1. The molecule has 112 valence electrons. The highest BCUT2D eigenvalue weighted by atomic mass is 32.1. The van der Waals surface area contributed by atoms with E-state index in [2.05, 4.69) is 22.8 Å². The Bertz CT molecular complexity index is 385. The van der Waals surface area contributed by atoms with Crippen LogP contribution in [0.5, 0.6) is 0 Å². The first kappa shape index (κ1) is 15.5. The standard InChI is InChI=1S/C16H26N2OS/c17-11-5-1-2-10-15(19)18-16(13-7-3-4-8-13)14-9-6-12-20-14/h6,9,12-13,16H,1-5,7-8,10-11,17H2,(H,18,19). The van der Waals surface area contributed by atoms with Crippen LogP contribution in [0.15, 0.2) is 17.5 Å². The van der Waals surface area contributed by atoms with Crippen LogP contribution in [0.3, 0.4) is 0 Å². The van der Waals surface area contributed by atoms with Crippen molar-refractivity contribution in [3.63, 3.8) is 0 Å². The van der Waals surface area contributed by atoms with Crippen LogP contribution in [-0.2, 0) is 4.79 Å². The van der Waals surface area contributed by atoms with Gasteiger partial charge in [-0.2, -0.15) is 0 Å². The normalized spacial score (nSPS) is 17.2. The van der Waals surface area contributed by atoms with E-state index in [0.29, 0.717) is 12.3 Å². The van der Waals surface area contributed by atoms with Gasteiger partial charge in [0.2, 0.25) is 5.91 Å². The molecule has 0 aromatic carbocycles. The third kappa shape index (κ3) is 4.60. The average molecular weight is 294 g/mol. The topological polar surface area (TPSA) is 55.1 Å². The molecule has 0 bridgehead atoms. The highest BCUT2D eigenvalue weighted by Crippen LogP contribution is 2.37. The van der Waals surface area contributed by atoms with Gasteiger partial charge in [-0.1, -0.05) is 25.3 Å². The number of carbonyl (C=O) groups is 1. The lowest BCUT2D eigenvalue weighted by atomic mass is 9.96. The van der Waals surface area contributed by atoms with Crippen LogP contribution in [0.4, 0.5) is 0 Å². The van der Waals surface area contributed by atoms with Gasteiger partial charge in [-0.05, 0) is 49.6 Å². The maximum absolute atomic E-state index is 12.1. The zero-order chi connectivity index (χ0) is 14.2. The number of hydrogen-bond donors (Lipinski definition) is 2. The van der Waals surface area contributed by atoms with Crippen molar-refractivity contribution in [1.82, 2.24) is 5.32 Å². The van der Waals surface area contributed by atoms with Crippen molar-refractivity contribution in [2.24, 2.45) is 11.7 Å². The Kier molecular flexibility index (Phi) is 6.54. The third-order valence-corrected chi connectivity index (χ3v) is 5.10. The summed E-state index contributed by atoms with van der Waals surface area (Å²) in [5, 5.41) is 5.38. The smallest absolute Gasteiger partial charge is 0.220 e. The van der Waals surface area contributed by atoms with E-state index in [9.17, 15) is 4.79 Å². The summed E-state index contributed by atoms with van der Waals surface area (Å²) in [6.07, 6.45) is 8.75. The molecule has 0 radical (unpaired) electrons. The molecule has 3 nitrogen and oxygen atoms in total. The van der Waals surface area contributed by atoms with Crippen molar-refractivity contribution < 1.29 is 4.79 Å². The Morgan fingerprint density at radius 2 is 2.15 bits per heavy atom. The van der Waals surface area contributed by atoms with Crippen molar-refractivity contribution in [3.8, 4) is 0 Å². The molecule has 0 saturated heterocycles. The molecule has 1 saturated carbocycles. The molecule has 4 heteroatoms. The Hall–Kier alpha value is -0.870. The lowest BCUT2D eigenvalue weighted by Gasteiger charge is -2.23. The van der Waals surface area contributed by atoms with Gasteiger partial charge in [0.05, 0.1) is 6.04 Å². The van der Waals surface area contributed by atoms with Crippen molar-refractivity contribution in [1.29, 1.82) is 0 Å². The predicted octanol–water partition coefficient (Wildman–Crippen LogP) is 3.61. The number of unbranched alkanes of at least 4 members (excludes halogenated alkanes) is 2. The van der Waals surface area contributed by atoms with Crippen LogP contribution in [-0.4, -0.2) is 12.5 Å². The van der Waals surface area contributed by atoms with Gasteiger partial charge in [0.25, 0.3) is 0 Å². The molecule has 1 amide bonds. The Morgan fingerprint density at radius 1 is 1.35 bits per heavy atom. The molecule has 1 aromatic rings. The number of nitrogens with two attached hydrogens (primary N) is 1. The van der Waals surface area contributed by atoms with E-state index in [-0.39, 0.29) is 11.9 Å². The van der Waals surface area contributed by atoms with Gasteiger partial charge in [-0.3, -0.25) is 4.79 Å². The summed E-state index contributed by atoms with van der Waals surface area (Å²) in [6.45, 7) is 0.724. The fourth-order valence-electron chi connectivity index (χ4n) is 3.03. The monoisotopic (exact) mass is 294 g/mol. The highest BCUT2D eigenvalue weighted by Gasteiger charge is 2.28. The maximum Gasteiger partial charge on any atom is 0.220 e. The van der Waals surface area contributed by atoms with Crippen LogP contribution in [0.2, 0.25) is 0 Å². The minimum Gasteiger partial charge on any atom is -0.348 e. The summed E-state index contributed by atoms with van der Waals surface area (Å²) >= 11 is 1.76. The van der Waals surface area contributed by atoms with Gasteiger partial charge in [0.15, 0.2) is 0 Å². The average Bonchev–Trinajstić information content (AvgIpc) is 3.13. The molecule has 1 heterocycles. The summed E-state index contributed by atoms with van der Waals surface area (Å²) in [7, 11) is 0. The fraction of sp³-hybridized carbons (Fsp3) is 0.688. The Labute approximate surface area is 125 Å². The second kappa shape index (κ2) is 8.42. The number of rotatable bonds is 8. The zero-order valence-electron chi connectivity index (χ0n) is 12.1. The number of nitrogens with one attached hydrogen (secondary N) is 1. The highest BCUT2D eigenvalue weighted by molar-refractivity contribution is 7.10. The van der Waals surface area contributed by atoms with E-state index in [1.165, 1.54) is 30.6 Å². The first-order valence-electron chi connectivity index (χ1n) is 7.84. The molecule has 1 aliphatic rings. The van der Waals surface area contributed by atoms with Gasteiger partial charge in [-0.15, -0.1) is 11.3 Å². The quantitative estimate of drug-likeness (QED) is 0.720. The molecule has 3 N–H and O–H groups in total. The molecule has 20 heavy (non-hydrogen) atoms. The van der Waals surface area contributed by atoms with Gasteiger partial charge >= 0.3 is 0 Å². The van der Waals surface area contributed by atoms with E-state index in [4.69, 9.17) is 5.73 Å².